The van der Waals surface area contributed by atoms with Crippen LogP contribution in [0.25, 0.3) is 32.7 Å². The van der Waals surface area contributed by atoms with Crippen molar-refractivity contribution >= 4 is 76.2 Å². The summed E-state index contributed by atoms with van der Waals surface area (Å²) in [6, 6.07) is 18.5. The van der Waals surface area contributed by atoms with Crippen LogP contribution in [0.5, 0.6) is 17.2 Å². The molecule has 18 heteroatoms. The van der Waals surface area contributed by atoms with Crippen molar-refractivity contribution in [1.29, 1.82) is 0 Å². The number of aromatic hydroxyl groups is 3. The number of nitrogens with two attached hydrogens (primary N) is 1. The van der Waals surface area contributed by atoms with Crippen molar-refractivity contribution in [2.45, 2.75) is 23.6 Å². The molecule has 0 amide bonds. The zero-order valence-corrected chi connectivity index (χ0v) is 29.0. The first kappa shape index (κ1) is 36.3. The lowest BCUT2D eigenvalue weighted by molar-refractivity contribution is 0.0693. The molecule has 53 heavy (non-hydrogen) atoms. The van der Waals surface area contributed by atoms with Crippen LogP contribution in [0, 0.1) is 13.8 Å². The third-order valence-corrected chi connectivity index (χ3v) is 10.1. The van der Waals surface area contributed by atoms with E-state index in [2.05, 4.69) is 20.5 Å². The van der Waals surface area contributed by atoms with Crippen LogP contribution in [0.1, 0.15) is 21.5 Å². The molecule has 0 aliphatic carbocycles. The van der Waals surface area contributed by atoms with Crippen molar-refractivity contribution in [2.75, 3.05) is 5.73 Å². The normalized spacial score (nSPS) is 12.4. The second-order valence-corrected chi connectivity index (χ2v) is 14.6. The highest BCUT2D eigenvalue weighted by Crippen LogP contribution is 2.46. The fraction of sp³-hybridized carbons (Fsp3) is 0.0571. The maximum absolute atomic E-state index is 12.2. The second-order valence-electron chi connectivity index (χ2n) is 11.8. The van der Waals surface area contributed by atoms with Gasteiger partial charge in [0, 0.05) is 16.5 Å². The number of aromatic carboxylic acids is 1. The van der Waals surface area contributed by atoms with Crippen molar-refractivity contribution in [1.82, 2.24) is 0 Å². The third-order valence-electron chi connectivity index (χ3n) is 8.29. The topological polar surface area (TPSA) is 282 Å². The molecule has 6 rings (SSSR count). The van der Waals surface area contributed by atoms with Crippen molar-refractivity contribution in [2.24, 2.45) is 20.5 Å². The number of rotatable bonds is 8. The Morgan fingerprint density at radius 3 is 1.72 bits per heavy atom. The monoisotopic (exact) mass is 757 g/mol. The number of carboxylic acids is 1. The number of nitrogen functional groups attached to an aromatic ring is 1. The summed E-state index contributed by atoms with van der Waals surface area (Å²) in [5, 5.41) is 57.8. The molecule has 0 heterocycles. The average molecular weight is 758 g/mol. The Labute approximate surface area is 300 Å². The van der Waals surface area contributed by atoms with Gasteiger partial charge >= 0.3 is 5.97 Å². The summed E-state index contributed by atoms with van der Waals surface area (Å²) in [5.41, 5.74) is 7.65. The SMILES string of the molecule is Cc1cc(-c2ccc(N=Nc3c(O)ccc4c(S(=O)(=O)O)cc(C(=O)O)c(O)c34)c(C)c2)ccc1N=Nc1c(S(=O)(=O)O)cc2ccc(N)cc2c1O. The van der Waals surface area contributed by atoms with Crippen molar-refractivity contribution in [3.05, 3.63) is 95.6 Å². The number of anilines is 1. The second kappa shape index (κ2) is 13.3. The van der Waals surface area contributed by atoms with E-state index >= 15 is 0 Å². The number of hydrogen-bond acceptors (Lipinski definition) is 13. The number of benzene rings is 6. The number of hydrogen-bond donors (Lipinski definition) is 7. The zero-order chi connectivity index (χ0) is 38.6. The van der Waals surface area contributed by atoms with E-state index in [1.54, 1.807) is 50.2 Å². The van der Waals surface area contributed by atoms with Gasteiger partial charge in [-0.1, -0.05) is 18.2 Å². The van der Waals surface area contributed by atoms with Gasteiger partial charge in [-0.2, -0.15) is 27.1 Å². The molecule has 0 unspecified atom stereocenters. The summed E-state index contributed by atoms with van der Waals surface area (Å²) in [5.74, 6) is -3.68. The first-order chi connectivity index (χ1) is 24.8. The van der Waals surface area contributed by atoms with Gasteiger partial charge in [0.15, 0.2) is 5.75 Å². The maximum Gasteiger partial charge on any atom is 0.339 e. The van der Waals surface area contributed by atoms with E-state index in [0.717, 1.165) is 29.3 Å². The van der Waals surface area contributed by atoms with Gasteiger partial charge < -0.3 is 26.2 Å². The molecule has 0 bridgehead atoms. The Balaban J connectivity index is 1.33. The molecule has 16 nitrogen and oxygen atoms in total. The summed E-state index contributed by atoms with van der Waals surface area (Å²) in [6.07, 6.45) is 0. The summed E-state index contributed by atoms with van der Waals surface area (Å²) in [6.45, 7) is 3.44. The van der Waals surface area contributed by atoms with Crippen molar-refractivity contribution in [3.63, 3.8) is 0 Å². The van der Waals surface area contributed by atoms with Crippen LogP contribution in [0.4, 0.5) is 28.4 Å². The molecule has 0 aliphatic heterocycles. The lowest BCUT2D eigenvalue weighted by Crippen LogP contribution is -2.04. The lowest BCUT2D eigenvalue weighted by Gasteiger charge is -2.12. The molecule has 0 atom stereocenters. The largest absolute Gasteiger partial charge is 0.506 e. The molecule has 0 aliphatic rings. The van der Waals surface area contributed by atoms with Crippen LogP contribution in [0.2, 0.25) is 0 Å². The molecule has 0 fully saturated rings. The maximum atomic E-state index is 12.2. The van der Waals surface area contributed by atoms with Gasteiger partial charge in [-0.05, 0) is 102 Å². The molecule has 270 valence electrons. The van der Waals surface area contributed by atoms with E-state index in [1.807, 2.05) is 0 Å². The first-order valence-electron chi connectivity index (χ1n) is 15.2. The lowest BCUT2D eigenvalue weighted by atomic mass is 10.00. The molecule has 0 aromatic heterocycles. The molecular weight excluding hydrogens is 731 g/mol. The van der Waals surface area contributed by atoms with Crippen molar-refractivity contribution in [3.8, 4) is 28.4 Å². The van der Waals surface area contributed by atoms with E-state index in [9.17, 15) is 51.2 Å². The van der Waals surface area contributed by atoms with Crippen LogP contribution in [0.15, 0.2) is 109 Å². The summed E-state index contributed by atoms with van der Waals surface area (Å²) in [4.78, 5) is 10.3. The number of nitrogens with zero attached hydrogens (tertiary/aromatic N) is 4. The zero-order valence-electron chi connectivity index (χ0n) is 27.4. The smallest absolute Gasteiger partial charge is 0.339 e. The Hall–Kier alpha value is -6.47. The molecular formula is C35H27N5O11S2. The van der Waals surface area contributed by atoms with Gasteiger partial charge in [0.2, 0.25) is 0 Å². The van der Waals surface area contributed by atoms with Crippen LogP contribution >= 0.6 is 0 Å². The Morgan fingerprint density at radius 1 is 0.623 bits per heavy atom. The number of phenolic OH excluding ortho intramolecular Hbond substituents is 2. The highest BCUT2D eigenvalue weighted by Gasteiger charge is 2.26. The van der Waals surface area contributed by atoms with Gasteiger partial charge in [-0.25, -0.2) is 4.79 Å². The molecule has 6 aromatic rings. The number of aryl methyl sites for hydroxylation is 2. The number of fused-ring (bicyclic) bond motifs is 2. The van der Waals surface area contributed by atoms with Crippen LogP contribution in [0.3, 0.4) is 0 Å². The standard InChI is InChI=1S/C35H27N5O11S2/c1-16-11-18(4-8-25(16)37-39-31-27(41)10-7-22-28(52(46,47)48)15-24(35(44)45)33(42)30(22)31)19-5-9-26(17(2)12-19)38-40-32-29(53(49,50)51)13-20-3-6-21(36)14-23(20)34(32)43/h3-15,41-43H,36H2,1-2H3,(H,44,45)(H,46,47,48)(H,49,50,51). The summed E-state index contributed by atoms with van der Waals surface area (Å²) < 4.78 is 68.0. The number of azo groups is 2. The Kier molecular flexibility index (Phi) is 9.08. The number of carboxylic acid groups (broad SMARTS) is 1. The van der Waals surface area contributed by atoms with Gasteiger partial charge in [0.1, 0.15) is 38.2 Å². The molecule has 6 aromatic carbocycles. The van der Waals surface area contributed by atoms with Gasteiger partial charge in [0.05, 0.1) is 16.8 Å². The fourth-order valence-corrected chi connectivity index (χ4v) is 7.04. The van der Waals surface area contributed by atoms with Crippen LogP contribution in [-0.4, -0.2) is 52.3 Å². The minimum absolute atomic E-state index is 0.211. The first-order valence-corrected chi connectivity index (χ1v) is 18.0. The quantitative estimate of drug-likeness (QED) is 0.0442. The fourth-order valence-electron chi connectivity index (χ4n) is 5.67. The highest BCUT2D eigenvalue weighted by molar-refractivity contribution is 7.86. The van der Waals surface area contributed by atoms with Gasteiger partial charge in [-0.15, -0.1) is 10.2 Å². The predicted molar refractivity (Wildman–Crippen MR) is 194 cm³/mol. The van der Waals surface area contributed by atoms with Gasteiger partial charge in [-0.3, -0.25) is 9.11 Å². The minimum Gasteiger partial charge on any atom is -0.506 e. The van der Waals surface area contributed by atoms with E-state index in [4.69, 9.17) is 5.73 Å². The molecule has 0 saturated heterocycles. The summed E-state index contributed by atoms with van der Waals surface area (Å²) >= 11 is 0. The highest BCUT2D eigenvalue weighted by atomic mass is 32.2. The Bertz CT molecular complexity index is 2840. The molecule has 8 N–H and O–H groups in total. The number of carbonyl (C=O) groups is 1. The Morgan fingerprint density at radius 2 is 1.19 bits per heavy atom. The molecule has 0 spiro atoms. The molecule has 0 radical (unpaired) electrons. The van der Waals surface area contributed by atoms with E-state index in [0.29, 0.717) is 39.6 Å². The minimum atomic E-state index is -4.96. The van der Waals surface area contributed by atoms with Gasteiger partial charge in [0.25, 0.3) is 20.2 Å². The van der Waals surface area contributed by atoms with E-state index < -0.39 is 75.6 Å². The van der Waals surface area contributed by atoms with Crippen molar-refractivity contribution < 1.29 is 51.2 Å². The number of phenols is 3. The van der Waals surface area contributed by atoms with E-state index in [1.165, 1.54) is 18.2 Å². The van der Waals surface area contributed by atoms with Crippen LogP contribution in [-0.2, 0) is 20.2 Å². The average Bonchev–Trinajstić information content (AvgIpc) is 3.07. The molecule has 0 saturated carbocycles. The predicted octanol–water partition coefficient (Wildman–Crippen LogP) is 8.00. The third kappa shape index (κ3) is 6.94. The summed E-state index contributed by atoms with van der Waals surface area (Å²) in [7, 11) is -9.76. The van der Waals surface area contributed by atoms with Crippen LogP contribution < -0.4 is 5.73 Å². The van der Waals surface area contributed by atoms with E-state index in [-0.39, 0.29) is 10.8 Å².